The van der Waals surface area contributed by atoms with Crippen molar-refractivity contribution in [1.29, 1.82) is 0 Å². The van der Waals surface area contributed by atoms with Crippen molar-refractivity contribution in [2.75, 3.05) is 13.7 Å². The fourth-order valence-electron chi connectivity index (χ4n) is 5.49. The standard InChI is InChI=1S/C16H26O6/c1-14(2)5-8-9(6-14)15(3,21-4)10-12(19)22-13(20)16(10,7-17)11(8)18/h8-12,17-19H,5-7H2,1-4H3/t8-,9+,10+,11+,12-,15-,16-/m1/s1. The highest BCUT2D eigenvalue weighted by Crippen LogP contribution is 2.64. The zero-order chi connectivity index (χ0) is 16.5. The molecule has 0 bridgehead atoms. The number of carbonyl (C=O) groups is 1. The molecule has 0 aromatic heterocycles. The SMILES string of the molecule is CO[C@]1(C)[C@H]2CC(C)(C)C[C@H]2[C@H](O)[C@]2(CO)C(=O)O[C@@H](O)[C@@H]12. The first kappa shape index (κ1) is 16.2. The lowest BCUT2D eigenvalue weighted by Gasteiger charge is -2.54. The second kappa shape index (κ2) is 4.66. The van der Waals surface area contributed by atoms with Crippen molar-refractivity contribution in [2.45, 2.75) is 51.6 Å². The molecule has 3 fully saturated rings. The highest BCUT2D eigenvalue weighted by molar-refractivity contribution is 5.81. The highest BCUT2D eigenvalue weighted by Gasteiger charge is 2.75. The quantitative estimate of drug-likeness (QED) is 0.634. The van der Waals surface area contributed by atoms with Crippen molar-refractivity contribution >= 4 is 5.97 Å². The van der Waals surface area contributed by atoms with E-state index in [9.17, 15) is 20.1 Å². The molecule has 6 heteroatoms. The van der Waals surface area contributed by atoms with E-state index in [0.29, 0.717) is 0 Å². The molecule has 6 nitrogen and oxygen atoms in total. The molecule has 0 spiro atoms. The Bertz CT molecular complexity index is 491. The number of rotatable bonds is 2. The van der Waals surface area contributed by atoms with Gasteiger partial charge in [-0.15, -0.1) is 0 Å². The number of carbonyl (C=O) groups excluding carboxylic acids is 1. The van der Waals surface area contributed by atoms with Crippen LogP contribution in [-0.2, 0) is 14.3 Å². The minimum Gasteiger partial charge on any atom is -0.435 e. The van der Waals surface area contributed by atoms with E-state index in [1.54, 1.807) is 7.11 Å². The molecule has 0 radical (unpaired) electrons. The van der Waals surface area contributed by atoms with Crippen LogP contribution in [0.2, 0.25) is 0 Å². The topological polar surface area (TPSA) is 96.2 Å². The summed E-state index contributed by atoms with van der Waals surface area (Å²) < 4.78 is 10.8. The molecule has 126 valence electrons. The average Bonchev–Trinajstić information content (AvgIpc) is 2.91. The zero-order valence-electron chi connectivity index (χ0n) is 13.6. The predicted molar refractivity (Wildman–Crippen MR) is 76.5 cm³/mol. The van der Waals surface area contributed by atoms with Gasteiger partial charge in [-0.05, 0) is 37.0 Å². The van der Waals surface area contributed by atoms with Gasteiger partial charge in [0.2, 0.25) is 6.29 Å². The summed E-state index contributed by atoms with van der Waals surface area (Å²) in [5.74, 6) is -1.68. The van der Waals surface area contributed by atoms with Crippen LogP contribution in [0.4, 0.5) is 0 Å². The molecule has 2 saturated carbocycles. The first-order valence-electron chi connectivity index (χ1n) is 7.87. The van der Waals surface area contributed by atoms with Crippen LogP contribution in [0.25, 0.3) is 0 Å². The normalized spacial score (nSPS) is 53.0. The summed E-state index contributed by atoms with van der Waals surface area (Å²) >= 11 is 0. The molecule has 1 aliphatic heterocycles. The van der Waals surface area contributed by atoms with Crippen LogP contribution < -0.4 is 0 Å². The Morgan fingerprint density at radius 1 is 1.27 bits per heavy atom. The molecule has 3 rings (SSSR count). The molecule has 1 saturated heterocycles. The number of hydrogen-bond donors (Lipinski definition) is 3. The number of cyclic esters (lactones) is 1. The molecule has 1 heterocycles. The van der Waals surface area contributed by atoms with Crippen LogP contribution in [0.1, 0.15) is 33.6 Å². The minimum atomic E-state index is -1.51. The maximum absolute atomic E-state index is 12.4. The molecule has 2 aliphatic carbocycles. The van der Waals surface area contributed by atoms with Gasteiger partial charge in [-0.25, -0.2) is 0 Å². The summed E-state index contributed by atoms with van der Waals surface area (Å²) in [5, 5.41) is 31.2. The van der Waals surface area contributed by atoms with E-state index >= 15 is 0 Å². The van der Waals surface area contributed by atoms with Gasteiger partial charge in [0.1, 0.15) is 5.41 Å². The summed E-state index contributed by atoms with van der Waals surface area (Å²) in [6, 6.07) is 0. The number of hydrogen-bond acceptors (Lipinski definition) is 6. The van der Waals surface area contributed by atoms with E-state index in [-0.39, 0.29) is 17.3 Å². The summed E-state index contributed by atoms with van der Waals surface area (Å²) in [4.78, 5) is 12.4. The van der Waals surface area contributed by atoms with E-state index in [4.69, 9.17) is 9.47 Å². The van der Waals surface area contributed by atoms with Crippen molar-refractivity contribution in [1.82, 2.24) is 0 Å². The van der Waals surface area contributed by atoms with Crippen LogP contribution in [0, 0.1) is 28.6 Å². The van der Waals surface area contributed by atoms with Crippen LogP contribution in [-0.4, -0.2) is 53.0 Å². The van der Waals surface area contributed by atoms with Crippen LogP contribution in [0.5, 0.6) is 0 Å². The van der Waals surface area contributed by atoms with Gasteiger partial charge in [-0.2, -0.15) is 0 Å². The smallest absolute Gasteiger partial charge is 0.320 e. The molecule has 7 atom stereocenters. The van der Waals surface area contributed by atoms with Crippen LogP contribution in [0.15, 0.2) is 0 Å². The molecule has 0 aromatic rings. The summed E-state index contributed by atoms with van der Waals surface area (Å²) in [5.41, 5.74) is -2.34. The van der Waals surface area contributed by atoms with Crippen LogP contribution in [0.3, 0.4) is 0 Å². The van der Waals surface area contributed by atoms with E-state index in [0.717, 1.165) is 12.8 Å². The Morgan fingerprint density at radius 2 is 1.91 bits per heavy atom. The largest absolute Gasteiger partial charge is 0.435 e. The molecule has 0 aromatic carbocycles. The Morgan fingerprint density at radius 3 is 2.45 bits per heavy atom. The molecule has 0 unspecified atom stereocenters. The Kier molecular flexibility index (Phi) is 3.43. The van der Waals surface area contributed by atoms with Crippen molar-refractivity contribution in [2.24, 2.45) is 28.6 Å². The van der Waals surface area contributed by atoms with E-state index < -0.39 is 41.9 Å². The summed E-state index contributed by atoms with van der Waals surface area (Å²) in [7, 11) is 1.55. The number of methoxy groups -OCH3 is 1. The Balaban J connectivity index is 2.16. The molecule has 3 N–H and O–H groups in total. The fourth-order valence-corrected chi connectivity index (χ4v) is 5.49. The van der Waals surface area contributed by atoms with Gasteiger partial charge in [0.05, 0.1) is 24.2 Å². The third kappa shape index (κ3) is 1.72. The van der Waals surface area contributed by atoms with Gasteiger partial charge in [-0.1, -0.05) is 13.8 Å². The van der Waals surface area contributed by atoms with Crippen molar-refractivity contribution < 1.29 is 29.6 Å². The third-order valence-corrected chi connectivity index (χ3v) is 6.51. The maximum Gasteiger partial charge on any atom is 0.320 e. The second-order valence-corrected chi connectivity index (χ2v) is 8.15. The van der Waals surface area contributed by atoms with Crippen LogP contribution >= 0.6 is 0 Å². The lowest BCUT2D eigenvalue weighted by Crippen LogP contribution is -2.67. The zero-order valence-corrected chi connectivity index (χ0v) is 13.6. The van der Waals surface area contributed by atoms with Gasteiger partial charge < -0.3 is 24.8 Å². The Hall–Kier alpha value is -0.690. The van der Waals surface area contributed by atoms with Gasteiger partial charge >= 0.3 is 5.97 Å². The molecular weight excluding hydrogens is 288 g/mol. The first-order chi connectivity index (χ1) is 10.1. The molecular formula is C16H26O6. The minimum absolute atomic E-state index is 0.00340. The molecule has 22 heavy (non-hydrogen) atoms. The molecule has 0 amide bonds. The number of aliphatic hydroxyl groups excluding tert-OH is 3. The highest BCUT2D eigenvalue weighted by atomic mass is 16.6. The number of esters is 1. The van der Waals surface area contributed by atoms with E-state index in [1.807, 2.05) is 6.92 Å². The summed E-state index contributed by atoms with van der Waals surface area (Å²) in [6.45, 7) is 5.56. The van der Waals surface area contributed by atoms with Gasteiger partial charge in [0.15, 0.2) is 0 Å². The second-order valence-electron chi connectivity index (χ2n) is 8.15. The molecule has 3 aliphatic rings. The van der Waals surface area contributed by atoms with Crippen molar-refractivity contribution in [3.8, 4) is 0 Å². The number of fused-ring (bicyclic) bond motifs is 2. The van der Waals surface area contributed by atoms with Crippen molar-refractivity contribution in [3.05, 3.63) is 0 Å². The van der Waals surface area contributed by atoms with Gasteiger partial charge in [-0.3, -0.25) is 4.79 Å². The predicted octanol–water partition coefficient (Wildman–Crippen LogP) is 0.288. The van der Waals surface area contributed by atoms with Crippen molar-refractivity contribution in [3.63, 3.8) is 0 Å². The average molecular weight is 314 g/mol. The van der Waals surface area contributed by atoms with Gasteiger partial charge in [0, 0.05) is 7.11 Å². The van der Waals surface area contributed by atoms with E-state index in [2.05, 4.69) is 13.8 Å². The number of aliphatic hydroxyl groups is 3. The Labute approximate surface area is 130 Å². The lowest BCUT2D eigenvalue weighted by molar-refractivity contribution is -0.238. The first-order valence-corrected chi connectivity index (χ1v) is 7.87. The lowest BCUT2D eigenvalue weighted by atomic mass is 9.53. The summed E-state index contributed by atoms with van der Waals surface area (Å²) in [6.07, 6.45) is -0.834. The van der Waals surface area contributed by atoms with E-state index in [1.165, 1.54) is 0 Å². The fraction of sp³-hybridized carbons (Fsp3) is 0.938. The monoisotopic (exact) mass is 314 g/mol. The third-order valence-electron chi connectivity index (χ3n) is 6.51. The van der Waals surface area contributed by atoms with Gasteiger partial charge in [0.25, 0.3) is 0 Å². The number of ether oxygens (including phenoxy) is 2. The maximum atomic E-state index is 12.4.